The quantitative estimate of drug-likeness (QED) is 0.570. The molecule has 1 aliphatic rings. The third-order valence-corrected chi connectivity index (χ3v) is 4.91. The van der Waals surface area contributed by atoms with Crippen LogP contribution in [0.15, 0.2) is 18.2 Å². The molecular formula is C20H27N3O4. The molecule has 0 saturated heterocycles. The minimum atomic E-state index is -0.626. The first-order chi connectivity index (χ1) is 13.0. The molecule has 2 unspecified atom stereocenters. The molecule has 27 heavy (non-hydrogen) atoms. The van der Waals surface area contributed by atoms with E-state index in [0.717, 1.165) is 31.2 Å². The summed E-state index contributed by atoms with van der Waals surface area (Å²) in [6.07, 6.45) is 3.65. The molecule has 7 heteroatoms. The molecule has 1 heterocycles. The summed E-state index contributed by atoms with van der Waals surface area (Å²) in [6, 6.07) is 4.46. The van der Waals surface area contributed by atoms with Crippen LogP contribution in [0.3, 0.4) is 0 Å². The lowest BCUT2D eigenvalue weighted by molar-refractivity contribution is -0.112. The van der Waals surface area contributed by atoms with E-state index in [1.807, 2.05) is 14.0 Å². The van der Waals surface area contributed by atoms with E-state index in [-0.39, 0.29) is 30.8 Å². The van der Waals surface area contributed by atoms with Gasteiger partial charge in [-0.2, -0.15) is 0 Å². The van der Waals surface area contributed by atoms with E-state index in [1.54, 1.807) is 18.2 Å². The highest BCUT2D eigenvalue weighted by Crippen LogP contribution is 2.26. The predicted molar refractivity (Wildman–Crippen MR) is 102 cm³/mol. The molecule has 1 aliphatic heterocycles. The molecular weight excluding hydrogens is 346 g/mol. The second-order valence-corrected chi connectivity index (χ2v) is 6.72. The molecule has 0 aromatic heterocycles. The molecule has 1 aromatic rings. The topological polar surface area (TPSA) is 95.6 Å². The van der Waals surface area contributed by atoms with Gasteiger partial charge in [0.15, 0.2) is 0 Å². The van der Waals surface area contributed by atoms with Gasteiger partial charge in [0.25, 0.3) is 11.8 Å². The maximum atomic E-state index is 12.6. The summed E-state index contributed by atoms with van der Waals surface area (Å²) in [5.41, 5.74) is 1.74. The maximum absolute atomic E-state index is 12.6. The highest BCUT2D eigenvalue weighted by Gasteiger charge is 2.32. The molecule has 1 aromatic carbocycles. The Morgan fingerprint density at radius 2 is 2.07 bits per heavy atom. The van der Waals surface area contributed by atoms with E-state index >= 15 is 0 Å². The molecule has 2 atom stereocenters. The Morgan fingerprint density at radius 3 is 2.70 bits per heavy atom. The van der Waals surface area contributed by atoms with E-state index in [1.165, 1.54) is 4.90 Å². The van der Waals surface area contributed by atoms with Crippen LogP contribution in [0.4, 0.5) is 0 Å². The number of benzene rings is 1. The van der Waals surface area contributed by atoms with Gasteiger partial charge in [0, 0.05) is 30.1 Å². The maximum Gasteiger partial charge on any atom is 0.255 e. The van der Waals surface area contributed by atoms with Crippen LogP contribution >= 0.6 is 0 Å². The second-order valence-electron chi connectivity index (χ2n) is 6.72. The van der Waals surface area contributed by atoms with E-state index in [2.05, 4.69) is 10.6 Å². The molecule has 0 fully saturated rings. The summed E-state index contributed by atoms with van der Waals surface area (Å²) in [7, 11) is 1.87. The van der Waals surface area contributed by atoms with Gasteiger partial charge >= 0.3 is 0 Å². The first-order valence-corrected chi connectivity index (χ1v) is 9.33. The Bertz CT molecular complexity index is 704. The third kappa shape index (κ3) is 5.01. The molecule has 0 spiro atoms. The zero-order chi connectivity index (χ0) is 19.8. The first kappa shape index (κ1) is 20.8. The smallest absolute Gasteiger partial charge is 0.255 e. The lowest BCUT2D eigenvalue weighted by Crippen LogP contribution is -2.36. The van der Waals surface area contributed by atoms with E-state index in [9.17, 15) is 19.2 Å². The van der Waals surface area contributed by atoms with Gasteiger partial charge < -0.3 is 25.1 Å². The van der Waals surface area contributed by atoms with Crippen molar-refractivity contribution in [2.45, 2.75) is 51.2 Å². The van der Waals surface area contributed by atoms with Crippen molar-refractivity contribution in [2.75, 3.05) is 13.6 Å². The zero-order valence-corrected chi connectivity index (χ0v) is 15.9. The average Bonchev–Trinajstić information content (AvgIpc) is 3.01. The van der Waals surface area contributed by atoms with Gasteiger partial charge in [-0.15, -0.1) is 0 Å². The standard InChI is InChI=1S/C20H27N3O4/c1-3-16(8-9-21-2)22-19(26)14-6-7-18-15(11-14)12-23(20(18)27)17(13-25)5-4-10-24/h6-7,10-11,13,16-17,21H,3-5,8-9,12H2,1-2H3,(H,22,26). The van der Waals surface area contributed by atoms with Crippen molar-refractivity contribution >= 4 is 24.4 Å². The number of carbonyl (C=O) groups excluding carboxylic acids is 4. The molecule has 0 aliphatic carbocycles. The van der Waals surface area contributed by atoms with E-state index < -0.39 is 6.04 Å². The van der Waals surface area contributed by atoms with Crippen molar-refractivity contribution in [1.29, 1.82) is 0 Å². The highest BCUT2D eigenvalue weighted by molar-refractivity contribution is 6.02. The summed E-state index contributed by atoms with van der Waals surface area (Å²) < 4.78 is 0. The number of fused-ring (bicyclic) bond motifs is 1. The monoisotopic (exact) mass is 373 g/mol. The minimum Gasteiger partial charge on any atom is -0.349 e. The van der Waals surface area contributed by atoms with Crippen molar-refractivity contribution in [2.24, 2.45) is 0 Å². The third-order valence-electron chi connectivity index (χ3n) is 4.91. The lowest BCUT2D eigenvalue weighted by Gasteiger charge is -2.22. The van der Waals surface area contributed by atoms with Crippen molar-refractivity contribution in [3.05, 3.63) is 34.9 Å². The Hall–Kier alpha value is -2.54. The van der Waals surface area contributed by atoms with Crippen molar-refractivity contribution in [1.82, 2.24) is 15.5 Å². The van der Waals surface area contributed by atoms with Crippen LogP contribution in [0.2, 0.25) is 0 Å². The first-order valence-electron chi connectivity index (χ1n) is 9.33. The number of nitrogens with zero attached hydrogens (tertiary/aromatic N) is 1. The Balaban J connectivity index is 2.11. The summed E-state index contributed by atoms with van der Waals surface area (Å²) >= 11 is 0. The van der Waals surface area contributed by atoms with Crippen molar-refractivity contribution < 1.29 is 19.2 Å². The minimum absolute atomic E-state index is 0.0825. The van der Waals surface area contributed by atoms with Crippen LogP contribution < -0.4 is 10.6 Å². The number of aldehydes is 2. The van der Waals surface area contributed by atoms with Gasteiger partial charge in [0.05, 0.1) is 6.04 Å². The molecule has 7 nitrogen and oxygen atoms in total. The molecule has 146 valence electrons. The Kier molecular flexibility index (Phi) is 7.67. The summed E-state index contributed by atoms with van der Waals surface area (Å²) in [4.78, 5) is 48.5. The van der Waals surface area contributed by atoms with Gasteiger partial charge in [-0.05, 0) is 56.6 Å². The summed E-state index contributed by atoms with van der Waals surface area (Å²) in [5.74, 6) is -0.403. The van der Waals surface area contributed by atoms with Crippen LogP contribution in [0.1, 0.15) is 58.9 Å². The summed E-state index contributed by atoms with van der Waals surface area (Å²) in [6.45, 7) is 3.12. The highest BCUT2D eigenvalue weighted by atomic mass is 16.2. The number of hydrogen-bond acceptors (Lipinski definition) is 5. The molecule has 0 bridgehead atoms. The van der Waals surface area contributed by atoms with E-state index in [0.29, 0.717) is 23.8 Å². The van der Waals surface area contributed by atoms with Gasteiger partial charge in [-0.1, -0.05) is 6.92 Å². The van der Waals surface area contributed by atoms with Crippen molar-refractivity contribution in [3.63, 3.8) is 0 Å². The van der Waals surface area contributed by atoms with Gasteiger partial charge in [0.2, 0.25) is 0 Å². The molecule has 2 rings (SSSR count). The molecule has 0 saturated carbocycles. The van der Waals surface area contributed by atoms with Gasteiger partial charge in [-0.25, -0.2) is 0 Å². The molecule has 2 amide bonds. The fraction of sp³-hybridized carbons (Fsp3) is 0.500. The fourth-order valence-corrected chi connectivity index (χ4v) is 3.25. The Labute approximate surface area is 159 Å². The Morgan fingerprint density at radius 1 is 1.30 bits per heavy atom. The average molecular weight is 373 g/mol. The number of hydrogen-bond donors (Lipinski definition) is 2. The van der Waals surface area contributed by atoms with Crippen molar-refractivity contribution in [3.8, 4) is 0 Å². The largest absolute Gasteiger partial charge is 0.349 e. The zero-order valence-electron chi connectivity index (χ0n) is 15.9. The molecule has 0 radical (unpaired) electrons. The van der Waals surface area contributed by atoms with Gasteiger partial charge in [0.1, 0.15) is 12.6 Å². The van der Waals surface area contributed by atoms with Crippen LogP contribution in [0, 0.1) is 0 Å². The summed E-state index contributed by atoms with van der Waals surface area (Å²) in [5, 5.41) is 6.10. The normalized spacial score (nSPS) is 15.2. The fourth-order valence-electron chi connectivity index (χ4n) is 3.25. The second kappa shape index (κ2) is 9.97. The van der Waals surface area contributed by atoms with E-state index in [4.69, 9.17) is 0 Å². The van der Waals surface area contributed by atoms with Crippen LogP contribution in [-0.2, 0) is 16.1 Å². The number of rotatable bonds is 11. The SMILES string of the molecule is CCC(CCNC)NC(=O)c1ccc2c(c1)CN(C(C=O)CCC=O)C2=O. The molecule has 2 N–H and O–H groups in total. The van der Waals surface area contributed by atoms with Crippen LogP contribution in [-0.4, -0.2) is 55.0 Å². The number of amides is 2. The number of nitrogens with one attached hydrogen (secondary N) is 2. The van der Waals surface area contributed by atoms with Gasteiger partial charge in [-0.3, -0.25) is 9.59 Å². The number of carbonyl (C=O) groups is 4. The van der Waals surface area contributed by atoms with Crippen LogP contribution in [0.25, 0.3) is 0 Å². The van der Waals surface area contributed by atoms with Crippen LogP contribution in [0.5, 0.6) is 0 Å². The predicted octanol–water partition coefficient (Wildman–Crippen LogP) is 1.31. The lowest BCUT2D eigenvalue weighted by atomic mass is 10.0.